The first-order valence-electron chi connectivity index (χ1n) is 5.27. The smallest absolute Gasteiger partial charge is 0.0871 e. The number of hydrogen-bond acceptors (Lipinski definition) is 1. The Morgan fingerprint density at radius 2 is 1.93 bits per heavy atom. The van der Waals surface area contributed by atoms with Crippen molar-refractivity contribution in [3.63, 3.8) is 0 Å². The highest BCUT2D eigenvalue weighted by Gasteiger charge is 2.23. The van der Waals surface area contributed by atoms with Crippen molar-refractivity contribution in [3.05, 3.63) is 34.9 Å². The summed E-state index contributed by atoms with van der Waals surface area (Å²) in [6.45, 7) is 8.13. The molecular weight excluding hydrogens is 172 g/mol. The van der Waals surface area contributed by atoms with Gasteiger partial charge in [0, 0.05) is 0 Å². The van der Waals surface area contributed by atoms with E-state index in [0.717, 1.165) is 18.4 Å². The van der Waals surface area contributed by atoms with Gasteiger partial charge in [-0.15, -0.1) is 0 Å². The first-order valence-corrected chi connectivity index (χ1v) is 5.27. The fraction of sp³-hybridized carbons (Fsp3) is 0.538. The summed E-state index contributed by atoms with van der Waals surface area (Å²) in [6.07, 6.45) is 1.82. The zero-order valence-corrected chi connectivity index (χ0v) is 9.59. The van der Waals surface area contributed by atoms with Crippen LogP contribution in [0.25, 0.3) is 0 Å². The lowest BCUT2D eigenvalue weighted by molar-refractivity contribution is 0.0463. The third-order valence-electron chi connectivity index (χ3n) is 2.70. The van der Waals surface area contributed by atoms with E-state index in [-0.39, 0.29) is 0 Å². The number of rotatable bonds is 3. The van der Waals surface area contributed by atoms with Gasteiger partial charge in [0.25, 0.3) is 0 Å². The highest BCUT2D eigenvalue weighted by Crippen LogP contribution is 2.28. The highest BCUT2D eigenvalue weighted by atomic mass is 16.3. The van der Waals surface area contributed by atoms with Crippen molar-refractivity contribution in [3.8, 4) is 0 Å². The molecule has 0 saturated carbocycles. The molecule has 0 aromatic heterocycles. The monoisotopic (exact) mass is 192 g/mol. The second kappa shape index (κ2) is 4.14. The van der Waals surface area contributed by atoms with Gasteiger partial charge in [-0.2, -0.15) is 0 Å². The summed E-state index contributed by atoms with van der Waals surface area (Å²) in [6, 6.07) is 6.23. The van der Waals surface area contributed by atoms with Gasteiger partial charge in [-0.1, -0.05) is 37.1 Å². The van der Waals surface area contributed by atoms with E-state index >= 15 is 0 Å². The molecular formula is C13H20O. The van der Waals surface area contributed by atoms with Crippen molar-refractivity contribution >= 4 is 0 Å². The van der Waals surface area contributed by atoms with Crippen molar-refractivity contribution in [2.75, 3.05) is 0 Å². The number of aryl methyl sites for hydroxylation is 2. The topological polar surface area (TPSA) is 20.2 Å². The molecule has 0 radical (unpaired) electrons. The molecule has 1 rings (SSSR count). The van der Waals surface area contributed by atoms with E-state index in [1.165, 1.54) is 11.1 Å². The summed E-state index contributed by atoms with van der Waals surface area (Å²) in [7, 11) is 0. The van der Waals surface area contributed by atoms with Crippen LogP contribution in [0.5, 0.6) is 0 Å². The molecule has 1 aromatic rings. The summed E-state index contributed by atoms with van der Waals surface area (Å²) in [4.78, 5) is 0. The molecule has 0 saturated heterocycles. The predicted molar refractivity (Wildman–Crippen MR) is 60.4 cm³/mol. The molecule has 1 aromatic carbocycles. The van der Waals surface area contributed by atoms with Crippen molar-refractivity contribution < 1.29 is 5.11 Å². The van der Waals surface area contributed by atoms with E-state index < -0.39 is 5.60 Å². The molecule has 0 bridgehead atoms. The second-order valence-corrected chi connectivity index (χ2v) is 4.34. The van der Waals surface area contributed by atoms with Gasteiger partial charge < -0.3 is 5.11 Å². The largest absolute Gasteiger partial charge is 0.385 e. The zero-order chi connectivity index (χ0) is 10.8. The highest BCUT2D eigenvalue weighted by molar-refractivity contribution is 5.34. The average molecular weight is 192 g/mol. The molecule has 1 N–H and O–H groups in total. The summed E-state index contributed by atoms with van der Waals surface area (Å²) in [5.74, 6) is 0. The first-order chi connectivity index (χ1) is 6.47. The van der Waals surface area contributed by atoms with Gasteiger partial charge in [0.05, 0.1) is 5.60 Å². The van der Waals surface area contributed by atoms with E-state index in [9.17, 15) is 5.11 Å². The quantitative estimate of drug-likeness (QED) is 0.779. The normalized spacial score (nSPS) is 15.2. The van der Waals surface area contributed by atoms with Gasteiger partial charge in [0.1, 0.15) is 0 Å². The molecule has 0 amide bonds. The molecule has 0 aliphatic rings. The van der Waals surface area contributed by atoms with Crippen LogP contribution in [0.2, 0.25) is 0 Å². The Bertz CT molecular complexity index is 313. The van der Waals surface area contributed by atoms with E-state index in [4.69, 9.17) is 0 Å². The molecule has 14 heavy (non-hydrogen) atoms. The second-order valence-electron chi connectivity index (χ2n) is 4.34. The Morgan fingerprint density at radius 3 is 2.43 bits per heavy atom. The molecule has 1 atom stereocenters. The molecule has 0 aliphatic carbocycles. The maximum atomic E-state index is 10.3. The van der Waals surface area contributed by atoms with Crippen LogP contribution in [0.1, 0.15) is 43.4 Å². The maximum Gasteiger partial charge on any atom is 0.0871 e. The van der Waals surface area contributed by atoms with Gasteiger partial charge in [0.15, 0.2) is 0 Å². The summed E-state index contributed by atoms with van der Waals surface area (Å²) < 4.78 is 0. The summed E-state index contributed by atoms with van der Waals surface area (Å²) in [5, 5.41) is 10.3. The molecule has 0 aliphatic heterocycles. The van der Waals surface area contributed by atoms with Gasteiger partial charge >= 0.3 is 0 Å². The van der Waals surface area contributed by atoms with Crippen molar-refractivity contribution in [2.45, 2.75) is 46.1 Å². The van der Waals surface area contributed by atoms with Gasteiger partial charge in [0.2, 0.25) is 0 Å². The fourth-order valence-corrected chi connectivity index (χ4v) is 2.04. The lowest BCUT2D eigenvalue weighted by atomic mass is 9.87. The summed E-state index contributed by atoms with van der Waals surface area (Å²) in [5.41, 5.74) is 2.82. The lowest BCUT2D eigenvalue weighted by Crippen LogP contribution is -2.21. The van der Waals surface area contributed by atoms with Gasteiger partial charge in [-0.05, 0) is 38.3 Å². The Kier molecular flexibility index (Phi) is 3.33. The Morgan fingerprint density at radius 1 is 1.29 bits per heavy atom. The van der Waals surface area contributed by atoms with Crippen LogP contribution in [-0.2, 0) is 5.60 Å². The van der Waals surface area contributed by atoms with Gasteiger partial charge in [-0.25, -0.2) is 0 Å². The van der Waals surface area contributed by atoms with Crippen molar-refractivity contribution in [1.29, 1.82) is 0 Å². The van der Waals surface area contributed by atoms with E-state index in [2.05, 4.69) is 32.9 Å². The van der Waals surface area contributed by atoms with Crippen LogP contribution in [-0.4, -0.2) is 5.11 Å². The molecule has 78 valence electrons. The number of aliphatic hydroxyl groups is 1. The lowest BCUT2D eigenvalue weighted by Gasteiger charge is -2.25. The standard InChI is InChI=1S/C13H20O/c1-5-8-13(4,14)12-7-6-10(2)9-11(12)3/h6-7,9,14H,5,8H2,1-4H3/t13-/m1/s1. The zero-order valence-electron chi connectivity index (χ0n) is 9.59. The van der Waals surface area contributed by atoms with Crippen molar-refractivity contribution in [1.82, 2.24) is 0 Å². The maximum absolute atomic E-state index is 10.3. The third kappa shape index (κ3) is 2.36. The first kappa shape index (κ1) is 11.3. The van der Waals surface area contributed by atoms with Gasteiger partial charge in [-0.3, -0.25) is 0 Å². The Labute approximate surface area is 86.8 Å². The predicted octanol–water partition coefficient (Wildman–Crippen LogP) is 3.31. The van der Waals surface area contributed by atoms with Crippen molar-refractivity contribution in [2.24, 2.45) is 0 Å². The Hall–Kier alpha value is -0.820. The SMILES string of the molecule is CCC[C@@](C)(O)c1ccc(C)cc1C. The molecule has 1 nitrogen and oxygen atoms in total. The summed E-state index contributed by atoms with van der Waals surface area (Å²) >= 11 is 0. The van der Waals surface area contributed by atoms with E-state index in [1.54, 1.807) is 0 Å². The average Bonchev–Trinajstić information content (AvgIpc) is 2.02. The fourth-order valence-electron chi connectivity index (χ4n) is 2.04. The molecule has 0 unspecified atom stereocenters. The van der Waals surface area contributed by atoms with Crippen LogP contribution >= 0.6 is 0 Å². The minimum atomic E-state index is -0.674. The van der Waals surface area contributed by atoms with Crippen LogP contribution < -0.4 is 0 Å². The van der Waals surface area contributed by atoms with Crippen LogP contribution in [0.4, 0.5) is 0 Å². The van der Waals surface area contributed by atoms with Crippen LogP contribution in [0, 0.1) is 13.8 Å². The third-order valence-corrected chi connectivity index (χ3v) is 2.70. The molecule has 0 spiro atoms. The molecule has 1 heteroatoms. The Balaban J connectivity index is 3.06. The minimum absolute atomic E-state index is 0.674. The molecule has 0 heterocycles. The van der Waals surface area contributed by atoms with Crippen LogP contribution in [0.15, 0.2) is 18.2 Å². The number of hydrogen-bond donors (Lipinski definition) is 1. The van der Waals surface area contributed by atoms with E-state index in [1.807, 2.05) is 13.0 Å². The minimum Gasteiger partial charge on any atom is -0.385 e. The van der Waals surface area contributed by atoms with Crippen LogP contribution in [0.3, 0.4) is 0 Å². The molecule has 0 fully saturated rings. The van der Waals surface area contributed by atoms with E-state index in [0.29, 0.717) is 0 Å². The number of benzene rings is 1.